The molecule has 0 spiro atoms. The quantitative estimate of drug-likeness (QED) is 0.731. The summed E-state index contributed by atoms with van der Waals surface area (Å²) in [6.45, 7) is 6.52. The van der Waals surface area contributed by atoms with Crippen LogP contribution in [-0.4, -0.2) is 27.6 Å². The van der Waals surface area contributed by atoms with Gasteiger partial charge in [0.05, 0.1) is 12.3 Å². The Hall–Kier alpha value is -2.66. The standard InChI is InChI=1S/C20H24N2O3/c1-20(2,3)16-7-5-15(6-8-16)18(24)13-22-19(25)9-4-14-10-17(23)12-21-11-14/h4-12,18,23-24H,13H2,1-3H3,(H,22,25)/b9-4+. The number of aromatic nitrogens is 1. The molecule has 3 N–H and O–H groups in total. The van der Waals surface area contributed by atoms with Crippen molar-refractivity contribution in [3.63, 3.8) is 0 Å². The third-order valence-corrected chi connectivity index (χ3v) is 3.80. The summed E-state index contributed by atoms with van der Waals surface area (Å²) in [7, 11) is 0. The number of nitrogens with zero attached hydrogens (tertiary/aromatic N) is 1. The molecule has 5 nitrogen and oxygen atoms in total. The number of pyridine rings is 1. The van der Waals surface area contributed by atoms with E-state index in [0.717, 1.165) is 5.56 Å². The smallest absolute Gasteiger partial charge is 0.244 e. The Morgan fingerprint density at radius 1 is 1.24 bits per heavy atom. The number of carbonyl (C=O) groups is 1. The summed E-state index contributed by atoms with van der Waals surface area (Å²) < 4.78 is 0. The van der Waals surface area contributed by atoms with E-state index in [2.05, 4.69) is 31.1 Å². The minimum Gasteiger partial charge on any atom is -0.506 e. The minimum atomic E-state index is -0.770. The molecule has 0 saturated heterocycles. The molecule has 1 unspecified atom stereocenters. The molecule has 132 valence electrons. The monoisotopic (exact) mass is 340 g/mol. The molecule has 0 radical (unpaired) electrons. The first-order chi connectivity index (χ1) is 11.8. The molecule has 1 atom stereocenters. The summed E-state index contributed by atoms with van der Waals surface area (Å²) in [6, 6.07) is 9.25. The van der Waals surface area contributed by atoms with Gasteiger partial charge in [0.25, 0.3) is 0 Å². The van der Waals surface area contributed by atoms with Gasteiger partial charge in [-0.15, -0.1) is 0 Å². The molecule has 5 heteroatoms. The van der Waals surface area contributed by atoms with E-state index >= 15 is 0 Å². The van der Waals surface area contributed by atoms with Crippen LogP contribution in [-0.2, 0) is 10.2 Å². The van der Waals surface area contributed by atoms with Crippen molar-refractivity contribution in [3.8, 4) is 5.75 Å². The fourth-order valence-electron chi connectivity index (χ4n) is 2.29. The van der Waals surface area contributed by atoms with Gasteiger partial charge in [-0.05, 0) is 34.2 Å². The highest BCUT2D eigenvalue weighted by atomic mass is 16.3. The predicted molar refractivity (Wildman–Crippen MR) is 98.0 cm³/mol. The van der Waals surface area contributed by atoms with Crippen molar-refractivity contribution in [3.05, 3.63) is 65.5 Å². The highest BCUT2D eigenvalue weighted by Crippen LogP contribution is 2.23. The number of hydrogen-bond donors (Lipinski definition) is 3. The molecule has 0 aliphatic carbocycles. The molecule has 1 aromatic heterocycles. The van der Waals surface area contributed by atoms with Crippen LogP contribution < -0.4 is 5.32 Å². The number of carbonyl (C=O) groups excluding carboxylic acids is 1. The second-order valence-corrected chi connectivity index (χ2v) is 6.94. The number of rotatable bonds is 5. The van der Waals surface area contributed by atoms with E-state index in [1.165, 1.54) is 30.1 Å². The van der Waals surface area contributed by atoms with Crippen molar-refractivity contribution >= 4 is 12.0 Å². The Morgan fingerprint density at radius 3 is 2.52 bits per heavy atom. The average molecular weight is 340 g/mol. The number of aromatic hydroxyl groups is 1. The number of amides is 1. The average Bonchev–Trinajstić information content (AvgIpc) is 2.57. The van der Waals surface area contributed by atoms with Crippen molar-refractivity contribution < 1.29 is 15.0 Å². The van der Waals surface area contributed by atoms with Crippen LogP contribution in [0.15, 0.2) is 48.8 Å². The Kier molecular flexibility index (Phi) is 5.93. The molecule has 0 bridgehead atoms. The zero-order valence-corrected chi connectivity index (χ0v) is 14.7. The molecular formula is C20H24N2O3. The summed E-state index contributed by atoms with van der Waals surface area (Å²) in [5.74, 6) is -0.287. The maximum absolute atomic E-state index is 11.8. The molecule has 1 heterocycles. The van der Waals surface area contributed by atoms with Gasteiger partial charge in [-0.2, -0.15) is 0 Å². The Balaban J connectivity index is 1.88. The maximum Gasteiger partial charge on any atom is 0.244 e. The molecule has 1 amide bonds. The zero-order valence-electron chi connectivity index (χ0n) is 14.7. The maximum atomic E-state index is 11.8. The van der Waals surface area contributed by atoms with Crippen molar-refractivity contribution in [1.29, 1.82) is 0 Å². The Morgan fingerprint density at radius 2 is 1.92 bits per heavy atom. The van der Waals surface area contributed by atoms with Crippen molar-refractivity contribution in [2.45, 2.75) is 32.3 Å². The lowest BCUT2D eigenvalue weighted by Gasteiger charge is -2.20. The molecule has 25 heavy (non-hydrogen) atoms. The summed E-state index contributed by atoms with van der Waals surface area (Å²) in [5, 5.41) is 22.2. The lowest BCUT2D eigenvalue weighted by molar-refractivity contribution is -0.116. The zero-order chi connectivity index (χ0) is 18.4. The molecule has 0 aliphatic rings. The lowest BCUT2D eigenvalue weighted by atomic mass is 9.86. The normalized spacial score (nSPS) is 13.0. The number of hydrogen-bond acceptors (Lipinski definition) is 4. The van der Waals surface area contributed by atoms with E-state index in [0.29, 0.717) is 5.56 Å². The highest BCUT2D eigenvalue weighted by Gasteiger charge is 2.14. The molecule has 0 fully saturated rings. The van der Waals surface area contributed by atoms with Gasteiger partial charge in [-0.25, -0.2) is 0 Å². The Labute approximate surface area is 148 Å². The van der Waals surface area contributed by atoms with Gasteiger partial charge in [-0.3, -0.25) is 9.78 Å². The highest BCUT2D eigenvalue weighted by molar-refractivity contribution is 5.91. The van der Waals surface area contributed by atoms with Crippen molar-refractivity contribution in [1.82, 2.24) is 10.3 Å². The van der Waals surface area contributed by atoms with E-state index in [1.807, 2.05) is 24.3 Å². The fourth-order valence-corrected chi connectivity index (χ4v) is 2.29. The molecule has 1 aromatic carbocycles. The van der Waals surface area contributed by atoms with E-state index in [1.54, 1.807) is 6.08 Å². The third-order valence-electron chi connectivity index (χ3n) is 3.80. The third kappa shape index (κ3) is 5.72. The van der Waals surface area contributed by atoms with Gasteiger partial charge in [0, 0.05) is 18.8 Å². The van der Waals surface area contributed by atoms with Crippen molar-refractivity contribution in [2.24, 2.45) is 0 Å². The summed E-state index contributed by atoms with van der Waals surface area (Å²) in [5.41, 5.74) is 2.63. The van der Waals surface area contributed by atoms with Crippen LogP contribution in [0.4, 0.5) is 0 Å². The first kappa shape index (κ1) is 18.7. The van der Waals surface area contributed by atoms with Crippen LogP contribution in [0.5, 0.6) is 5.75 Å². The van der Waals surface area contributed by atoms with Gasteiger partial charge in [0.1, 0.15) is 5.75 Å². The number of benzene rings is 1. The van der Waals surface area contributed by atoms with E-state index in [9.17, 15) is 15.0 Å². The van der Waals surface area contributed by atoms with Crippen LogP contribution in [0.2, 0.25) is 0 Å². The molecule has 2 aromatic rings. The second kappa shape index (κ2) is 7.94. The predicted octanol–water partition coefficient (Wildman–Crippen LogP) is 2.95. The number of nitrogens with one attached hydrogen (secondary N) is 1. The van der Waals surface area contributed by atoms with Crippen LogP contribution >= 0.6 is 0 Å². The number of aliphatic hydroxyl groups excluding tert-OH is 1. The molecular weight excluding hydrogens is 316 g/mol. The van der Waals surface area contributed by atoms with Crippen LogP contribution in [0.3, 0.4) is 0 Å². The second-order valence-electron chi connectivity index (χ2n) is 6.94. The van der Waals surface area contributed by atoms with E-state index < -0.39 is 6.10 Å². The minimum absolute atomic E-state index is 0.0386. The summed E-state index contributed by atoms with van der Waals surface area (Å²) >= 11 is 0. The molecule has 2 rings (SSSR count). The summed E-state index contributed by atoms with van der Waals surface area (Å²) in [6.07, 6.45) is 4.97. The molecule has 0 aliphatic heterocycles. The Bertz CT molecular complexity index is 746. The van der Waals surface area contributed by atoms with Gasteiger partial charge >= 0.3 is 0 Å². The van der Waals surface area contributed by atoms with Gasteiger partial charge < -0.3 is 15.5 Å². The van der Waals surface area contributed by atoms with Crippen LogP contribution in [0, 0.1) is 0 Å². The topological polar surface area (TPSA) is 82.5 Å². The van der Waals surface area contributed by atoms with Crippen molar-refractivity contribution in [2.75, 3.05) is 6.54 Å². The van der Waals surface area contributed by atoms with Crippen LogP contribution in [0.25, 0.3) is 6.08 Å². The van der Waals surface area contributed by atoms with Gasteiger partial charge in [-0.1, -0.05) is 45.0 Å². The molecule has 0 saturated carbocycles. The van der Waals surface area contributed by atoms with E-state index in [4.69, 9.17) is 0 Å². The van der Waals surface area contributed by atoms with E-state index in [-0.39, 0.29) is 23.6 Å². The largest absolute Gasteiger partial charge is 0.506 e. The van der Waals surface area contributed by atoms with Crippen LogP contribution in [0.1, 0.15) is 43.6 Å². The lowest BCUT2D eigenvalue weighted by Crippen LogP contribution is -2.26. The van der Waals surface area contributed by atoms with Gasteiger partial charge in [0.15, 0.2) is 0 Å². The first-order valence-corrected chi connectivity index (χ1v) is 8.14. The van der Waals surface area contributed by atoms with Gasteiger partial charge in [0.2, 0.25) is 5.91 Å². The SMILES string of the molecule is CC(C)(C)c1ccc(C(O)CNC(=O)/C=C/c2cncc(O)c2)cc1. The first-order valence-electron chi connectivity index (χ1n) is 8.14. The summed E-state index contributed by atoms with van der Waals surface area (Å²) in [4.78, 5) is 15.7. The number of aliphatic hydroxyl groups is 1. The fraction of sp³-hybridized carbons (Fsp3) is 0.300.